The molecular formula is C59H70ClN3O. The van der Waals surface area contributed by atoms with Crippen molar-refractivity contribution >= 4 is 45.9 Å². The molecule has 0 spiro atoms. The molecule has 1 aromatic heterocycles. The van der Waals surface area contributed by atoms with Crippen LogP contribution in [0.3, 0.4) is 0 Å². The average molecular weight is 873 g/mol. The van der Waals surface area contributed by atoms with Gasteiger partial charge in [0.1, 0.15) is 0 Å². The second-order valence-corrected chi connectivity index (χ2v) is 24.3. The van der Waals surface area contributed by atoms with Crippen LogP contribution in [0.5, 0.6) is 0 Å². The minimum atomic E-state index is -0.00317. The molecule has 1 heterocycles. The van der Waals surface area contributed by atoms with Gasteiger partial charge >= 0.3 is 0 Å². The van der Waals surface area contributed by atoms with Crippen LogP contribution < -0.4 is 9.80 Å². The highest BCUT2D eigenvalue weighted by Crippen LogP contribution is 2.62. The molecule has 0 N–H and O–H groups in total. The SMILES string of the molecule is CC(C)(C)c1ccc(-c2ncc(N(c3ccc(C(C)(C)C)cc3)c3cc(C45CC6CC(CC(C6)C4)C5)cc(N(c4ccc(C(C)(C)C)cc4)c4ccc(C(C)(C)C)cc4)c3Cl)o2)cc1. The molecule has 5 heteroatoms. The number of halogens is 1. The van der Waals surface area contributed by atoms with Crippen LogP contribution >= 0.6 is 11.6 Å². The van der Waals surface area contributed by atoms with E-state index in [1.807, 2.05) is 6.20 Å². The summed E-state index contributed by atoms with van der Waals surface area (Å²) in [6.07, 6.45) is 9.71. The van der Waals surface area contributed by atoms with Crippen LogP contribution in [0.4, 0.5) is 34.3 Å². The Kier molecular flexibility index (Phi) is 11.1. The maximum atomic E-state index is 8.13. The number of nitrogens with zero attached hydrogens (tertiary/aromatic N) is 3. The lowest BCUT2D eigenvalue weighted by Gasteiger charge is -2.57. The molecule has 0 saturated heterocycles. The van der Waals surface area contributed by atoms with E-state index in [1.165, 1.54) is 66.3 Å². The Bertz CT molecular complexity index is 2510. The van der Waals surface area contributed by atoms with E-state index in [9.17, 15) is 0 Å². The lowest BCUT2D eigenvalue weighted by atomic mass is 9.48. The van der Waals surface area contributed by atoms with Gasteiger partial charge in [-0.25, -0.2) is 4.98 Å². The number of hydrogen-bond donors (Lipinski definition) is 0. The molecule has 4 fully saturated rings. The first-order valence-corrected chi connectivity index (χ1v) is 24.3. The van der Waals surface area contributed by atoms with Gasteiger partial charge in [-0.2, -0.15) is 0 Å². The van der Waals surface area contributed by atoms with E-state index in [1.54, 1.807) is 0 Å². The van der Waals surface area contributed by atoms with Gasteiger partial charge in [0.2, 0.25) is 11.8 Å². The molecule has 0 atom stereocenters. The van der Waals surface area contributed by atoms with E-state index in [0.29, 0.717) is 16.8 Å². The molecular weight excluding hydrogens is 802 g/mol. The molecule has 0 amide bonds. The molecule has 0 aliphatic heterocycles. The van der Waals surface area contributed by atoms with Crippen molar-refractivity contribution in [2.24, 2.45) is 17.8 Å². The quantitative estimate of drug-likeness (QED) is 0.153. The van der Waals surface area contributed by atoms with Crippen molar-refractivity contribution in [1.29, 1.82) is 0 Å². The average Bonchev–Trinajstić information content (AvgIpc) is 3.71. The van der Waals surface area contributed by atoms with Crippen LogP contribution in [0.1, 0.15) is 149 Å². The zero-order chi connectivity index (χ0) is 45.6. The van der Waals surface area contributed by atoms with Crippen molar-refractivity contribution in [1.82, 2.24) is 4.98 Å². The van der Waals surface area contributed by atoms with E-state index >= 15 is 0 Å². The molecule has 4 aliphatic rings. The minimum Gasteiger partial charge on any atom is -0.420 e. The molecule has 10 rings (SSSR count). The fourth-order valence-corrected chi connectivity index (χ4v) is 11.7. The lowest BCUT2D eigenvalue weighted by molar-refractivity contribution is -0.00515. The second-order valence-electron chi connectivity index (χ2n) is 23.9. The first kappa shape index (κ1) is 44.4. The molecule has 4 saturated carbocycles. The largest absolute Gasteiger partial charge is 0.420 e. The monoisotopic (exact) mass is 872 g/mol. The van der Waals surface area contributed by atoms with Gasteiger partial charge in [0.25, 0.3) is 0 Å². The summed E-state index contributed by atoms with van der Waals surface area (Å²) in [6.45, 7) is 27.2. The summed E-state index contributed by atoms with van der Waals surface area (Å²) in [6, 6.07) is 40.8. The number of benzene rings is 5. The van der Waals surface area contributed by atoms with Gasteiger partial charge in [0, 0.05) is 22.6 Å². The number of rotatable bonds is 8. The van der Waals surface area contributed by atoms with Gasteiger partial charge < -0.3 is 9.32 Å². The normalized spacial score (nSPS) is 21.0. The van der Waals surface area contributed by atoms with Gasteiger partial charge in [-0.05, 0) is 172 Å². The molecule has 6 aromatic rings. The van der Waals surface area contributed by atoms with Crippen molar-refractivity contribution in [3.63, 3.8) is 0 Å². The van der Waals surface area contributed by atoms with E-state index in [-0.39, 0.29) is 27.1 Å². The van der Waals surface area contributed by atoms with E-state index in [4.69, 9.17) is 21.0 Å². The van der Waals surface area contributed by atoms with Crippen LogP contribution in [0.2, 0.25) is 5.02 Å². The van der Waals surface area contributed by atoms with Crippen LogP contribution in [0.25, 0.3) is 11.5 Å². The van der Waals surface area contributed by atoms with Crippen molar-refractivity contribution in [2.75, 3.05) is 9.80 Å². The van der Waals surface area contributed by atoms with Crippen molar-refractivity contribution in [2.45, 2.75) is 149 Å². The number of hydrogen-bond acceptors (Lipinski definition) is 4. The standard InChI is InChI=1S/C59H70ClN3O/c1-55(2,3)42-15-13-41(14-16-42)54-61-37-52(64-54)63(49-27-21-45(22-28-49)58(10,11)12)51-33-46(59-34-38-29-39(35-59)31-40(30-38)36-59)32-50(53(51)60)62(47-23-17-43(18-24-47)56(4,5)6)48-25-19-44(20-26-48)57(7,8)9/h13-28,32-33,37-40H,29-31,34-36H2,1-12H3. The Labute approximate surface area is 389 Å². The van der Waals surface area contributed by atoms with Crippen LogP contribution in [-0.2, 0) is 27.1 Å². The summed E-state index contributed by atoms with van der Waals surface area (Å²) in [4.78, 5) is 9.59. The van der Waals surface area contributed by atoms with Gasteiger partial charge in [-0.1, -0.05) is 143 Å². The van der Waals surface area contributed by atoms with Gasteiger partial charge in [-0.15, -0.1) is 0 Å². The highest BCUT2D eigenvalue weighted by Gasteiger charge is 2.52. The summed E-state index contributed by atoms with van der Waals surface area (Å²) >= 11 is 8.13. The highest BCUT2D eigenvalue weighted by molar-refractivity contribution is 6.36. The Hall–Kier alpha value is -4.80. The zero-order valence-corrected chi connectivity index (χ0v) is 41.3. The van der Waals surface area contributed by atoms with Gasteiger partial charge in [-0.3, -0.25) is 4.90 Å². The summed E-state index contributed by atoms with van der Waals surface area (Å²) in [5.74, 6) is 3.55. The van der Waals surface area contributed by atoms with E-state index < -0.39 is 0 Å². The number of oxazole rings is 1. The van der Waals surface area contributed by atoms with Crippen molar-refractivity contribution in [3.05, 3.63) is 148 Å². The second kappa shape index (κ2) is 16.0. The van der Waals surface area contributed by atoms with E-state index in [0.717, 1.165) is 51.8 Å². The van der Waals surface area contributed by atoms with Crippen molar-refractivity contribution < 1.29 is 4.42 Å². The Morgan fingerprint density at radius 1 is 0.500 bits per heavy atom. The molecule has 5 aromatic carbocycles. The van der Waals surface area contributed by atoms with Gasteiger partial charge in [0.15, 0.2) is 0 Å². The van der Waals surface area contributed by atoms with Crippen LogP contribution in [0, 0.1) is 17.8 Å². The topological polar surface area (TPSA) is 32.5 Å². The van der Waals surface area contributed by atoms with Crippen LogP contribution in [-0.4, -0.2) is 4.98 Å². The summed E-state index contributed by atoms with van der Waals surface area (Å²) < 4.78 is 6.91. The zero-order valence-electron chi connectivity index (χ0n) is 40.6. The fraction of sp³-hybridized carbons (Fsp3) is 0.441. The third-order valence-electron chi connectivity index (χ3n) is 14.9. The molecule has 334 valence electrons. The molecule has 0 radical (unpaired) electrons. The third kappa shape index (κ3) is 8.57. The molecule has 4 bridgehead atoms. The van der Waals surface area contributed by atoms with Gasteiger partial charge in [0.05, 0.1) is 22.6 Å². The predicted octanol–water partition coefficient (Wildman–Crippen LogP) is 17.6. The first-order valence-electron chi connectivity index (χ1n) is 23.9. The first-order chi connectivity index (χ1) is 30.1. The maximum Gasteiger partial charge on any atom is 0.228 e. The molecule has 4 aliphatic carbocycles. The number of anilines is 6. The van der Waals surface area contributed by atoms with Crippen molar-refractivity contribution in [3.8, 4) is 11.5 Å². The van der Waals surface area contributed by atoms with E-state index in [2.05, 4.69) is 202 Å². The summed E-state index contributed by atoms with van der Waals surface area (Å²) in [7, 11) is 0. The predicted molar refractivity (Wildman–Crippen MR) is 271 cm³/mol. The Morgan fingerprint density at radius 2 is 0.844 bits per heavy atom. The Balaban J connectivity index is 1.28. The molecule has 4 nitrogen and oxygen atoms in total. The van der Waals surface area contributed by atoms with Crippen LogP contribution in [0.15, 0.2) is 120 Å². The highest BCUT2D eigenvalue weighted by atomic mass is 35.5. The third-order valence-corrected chi connectivity index (χ3v) is 15.2. The summed E-state index contributed by atoms with van der Waals surface area (Å²) in [5.41, 5.74) is 12.7. The fourth-order valence-electron chi connectivity index (χ4n) is 11.4. The minimum absolute atomic E-state index is 0.00317. The molecule has 0 unspecified atom stereocenters. The molecule has 64 heavy (non-hydrogen) atoms. The number of aromatic nitrogens is 1. The lowest BCUT2D eigenvalue weighted by Crippen LogP contribution is -2.48. The summed E-state index contributed by atoms with van der Waals surface area (Å²) in [5, 5.41) is 0.667. The smallest absolute Gasteiger partial charge is 0.228 e. The maximum absolute atomic E-state index is 8.13. The Morgan fingerprint density at radius 3 is 1.22 bits per heavy atom.